The fourth-order valence-corrected chi connectivity index (χ4v) is 4.46. The van der Waals surface area contributed by atoms with Gasteiger partial charge in [-0.3, -0.25) is 0 Å². The Labute approximate surface area is 130 Å². The molecule has 1 aliphatic heterocycles. The largest absolute Gasteiger partial charge is 0.344 e. The van der Waals surface area contributed by atoms with Crippen LogP contribution in [0.3, 0.4) is 0 Å². The van der Waals surface area contributed by atoms with E-state index >= 15 is 0 Å². The van der Waals surface area contributed by atoms with Crippen molar-refractivity contribution in [2.24, 2.45) is 0 Å². The highest BCUT2D eigenvalue weighted by Gasteiger charge is 2.46. The molecular formula is C21H17N. The molecule has 0 fully saturated rings. The molecule has 1 heterocycles. The van der Waals surface area contributed by atoms with E-state index in [0.717, 1.165) is 0 Å². The molecule has 0 bridgehead atoms. The summed E-state index contributed by atoms with van der Waals surface area (Å²) in [7, 11) is 2.18. The molecule has 1 aliphatic carbocycles. The van der Waals surface area contributed by atoms with E-state index in [1.165, 1.54) is 39.2 Å². The zero-order valence-corrected chi connectivity index (χ0v) is 12.8. The van der Waals surface area contributed by atoms with Crippen molar-refractivity contribution in [1.82, 2.24) is 0 Å². The van der Waals surface area contributed by atoms with E-state index in [1.54, 1.807) is 0 Å². The zero-order chi connectivity index (χ0) is 14.9. The smallest absolute Gasteiger partial charge is 0.0476 e. The van der Waals surface area contributed by atoms with Crippen LogP contribution in [0.4, 0.5) is 11.4 Å². The van der Waals surface area contributed by atoms with E-state index in [2.05, 4.69) is 85.6 Å². The lowest BCUT2D eigenvalue weighted by Crippen LogP contribution is -2.32. The molecule has 1 atom stereocenters. The Kier molecular flexibility index (Phi) is 2.08. The van der Waals surface area contributed by atoms with Gasteiger partial charge in [-0.1, -0.05) is 54.6 Å². The lowest BCUT2D eigenvalue weighted by Gasteiger charge is -2.40. The Morgan fingerprint density at radius 3 is 2.18 bits per heavy atom. The summed E-state index contributed by atoms with van der Waals surface area (Å²) >= 11 is 0. The summed E-state index contributed by atoms with van der Waals surface area (Å²) in [6, 6.07) is 24.4. The minimum Gasteiger partial charge on any atom is -0.344 e. The first-order valence-electron chi connectivity index (χ1n) is 7.79. The molecule has 3 aromatic carbocycles. The highest BCUT2D eigenvalue weighted by molar-refractivity contribution is 5.93. The van der Waals surface area contributed by atoms with Crippen molar-refractivity contribution in [3.8, 4) is 11.1 Å². The predicted molar refractivity (Wildman–Crippen MR) is 91.9 cm³/mol. The van der Waals surface area contributed by atoms with Crippen LogP contribution in [-0.2, 0) is 5.41 Å². The van der Waals surface area contributed by atoms with Crippen molar-refractivity contribution in [1.29, 1.82) is 0 Å². The van der Waals surface area contributed by atoms with Crippen molar-refractivity contribution < 1.29 is 0 Å². The zero-order valence-electron chi connectivity index (χ0n) is 12.8. The molecule has 5 rings (SSSR count). The van der Waals surface area contributed by atoms with E-state index in [1.807, 2.05) is 0 Å². The maximum absolute atomic E-state index is 2.38. The molecule has 0 N–H and O–H groups in total. The van der Waals surface area contributed by atoms with Crippen molar-refractivity contribution >= 4 is 11.4 Å². The predicted octanol–water partition coefficient (Wildman–Crippen LogP) is 5.10. The van der Waals surface area contributed by atoms with Crippen molar-refractivity contribution in [3.63, 3.8) is 0 Å². The molecule has 0 aromatic heterocycles. The van der Waals surface area contributed by atoms with Gasteiger partial charge in [0.15, 0.2) is 0 Å². The van der Waals surface area contributed by atoms with Crippen LogP contribution in [0.15, 0.2) is 66.7 Å². The Morgan fingerprint density at radius 2 is 1.32 bits per heavy atom. The summed E-state index contributed by atoms with van der Waals surface area (Å²) in [4.78, 5) is 2.34. The number of nitrogens with zero attached hydrogens (tertiary/aromatic N) is 1. The van der Waals surface area contributed by atoms with E-state index in [0.29, 0.717) is 0 Å². The number of rotatable bonds is 0. The Morgan fingerprint density at radius 1 is 0.682 bits per heavy atom. The van der Waals surface area contributed by atoms with E-state index in [4.69, 9.17) is 0 Å². The van der Waals surface area contributed by atoms with Crippen molar-refractivity contribution in [2.75, 3.05) is 11.9 Å². The van der Waals surface area contributed by atoms with Gasteiger partial charge in [0.2, 0.25) is 0 Å². The average Bonchev–Trinajstić information content (AvgIpc) is 2.85. The van der Waals surface area contributed by atoms with Crippen LogP contribution in [-0.4, -0.2) is 7.05 Å². The van der Waals surface area contributed by atoms with Crippen molar-refractivity contribution in [3.05, 3.63) is 83.4 Å². The summed E-state index contributed by atoms with van der Waals surface area (Å²) < 4.78 is 0. The number of fused-ring (bicyclic) bond motifs is 5. The van der Waals surface area contributed by atoms with Gasteiger partial charge in [-0.15, -0.1) is 0 Å². The quantitative estimate of drug-likeness (QED) is 0.554. The van der Waals surface area contributed by atoms with Gasteiger partial charge in [0.25, 0.3) is 0 Å². The lowest BCUT2D eigenvalue weighted by molar-refractivity contribution is 0.699. The van der Waals surface area contributed by atoms with Crippen LogP contribution in [0.2, 0.25) is 0 Å². The maximum atomic E-state index is 2.38. The first-order valence-corrected chi connectivity index (χ1v) is 7.79. The fraction of sp³-hybridized carbons (Fsp3) is 0.143. The minimum atomic E-state index is -0.0500. The van der Waals surface area contributed by atoms with Gasteiger partial charge in [-0.05, 0) is 46.9 Å². The van der Waals surface area contributed by atoms with Crippen LogP contribution >= 0.6 is 0 Å². The molecule has 2 aliphatic rings. The second kappa shape index (κ2) is 3.80. The third-order valence-corrected chi connectivity index (χ3v) is 5.46. The normalized spacial score (nSPS) is 20.4. The molecule has 0 saturated carbocycles. The van der Waals surface area contributed by atoms with Gasteiger partial charge < -0.3 is 4.90 Å². The standard InChI is InChI=1S/C21H17N/c1-21-16-10-4-3-8-14(16)15-9-7-13-19(20(15)21)22(2)18-12-6-5-11-17(18)21/h3-13H,1-2H3. The van der Waals surface area contributed by atoms with E-state index in [-0.39, 0.29) is 5.41 Å². The summed E-state index contributed by atoms with van der Waals surface area (Å²) in [5.74, 6) is 0. The second-order valence-electron chi connectivity index (χ2n) is 6.45. The number of hydrogen-bond acceptors (Lipinski definition) is 1. The molecule has 1 unspecified atom stereocenters. The Bertz CT molecular complexity index is 925. The van der Waals surface area contributed by atoms with Gasteiger partial charge >= 0.3 is 0 Å². The monoisotopic (exact) mass is 283 g/mol. The molecule has 22 heavy (non-hydrogen) atoms. The summed E-state index contributed by atoms with van der Waals surface area (Å²) in [6.07, 6.45) is 0. The summed E-state index contributed by atoms with van der Waals surface area (Å²) in [5, 5.41) is 0. The topological polar surface area (TPSA) is 3.24 Å². The third kappa shape index (κ3) is 1.17. The molecule has 0 radical (unpaired) electrons. The number of benzene rings is 3. The van der Waals surface area contributed by atoms with Crippen LogP contribution in [0.25, 0.3) is 11.1 Å². The third-order valence-electron chi connectivity index (χ3n) is 5.46. The van der Waals surface area contributed by atoms with E-state index in [9.17, 15) is 0 Å². The molecule has 1 nitrogen and oxygen atoms in total. The van der Waals surface area contributed by atoms with Crippen LogP contribution < -0.4 is 4.90 Å². The second-order valence-corrected chi connectivity index (χ2v) is 6.45. The average molecular weight is 283 g/mol. The molecule has 0 amide bonds. The lowest BCUT2D eigenvalue weighted by atomic mass is 9.71. The maximum Gasteiger partial charge on any atom is 0.0476 e. The summed E-state index contributed by atoms with van der Waals surface area (Å²) in [5.41, 5.74) is 9.65. The SMILES string of the molecule is CN1c2ccccc2C2(C)c3ccccc3-c3cccc1c32. The molecular weight excluding hydrogens is 266 g/mol. The van der Waals surface area contributed by atoms with Crippen LogP contribution in [0, 0.1) is 0 Å². The first-order chi connectivity index (χ1) is 10.7. The molecule has 1 heteroatoms. The van der Waals surface area contributed by atoms with Crippen LogP contribution in [0.5, 0.6) is 0 Å². The Balaban J connectivity index is 2.01. The van der Waals surface area contributed by atoms with Gasteiger partial charge in [-0.2, -0.15) is 0 Å². The van der Waals surface area contributed by atoms with Gasteiger partial charge in [0, 0.05) is 23.8 Å². The fourth-order valence-electron chi connectivity index (χ4n) is 4.46. The minimum absolute atomic E-state index is 0.0500. The number of para-hydroxylation sites is 1. The Hall–Kier alpha value is -2.54. The van der Waals surface area contributed by atoms with Gasteiger partial charge in [0.05, 0.1) is 0 Å². The van der Waals surface area contributed by atoms with Gasteiger partial charge in [0.1, 0.15) is 0 Å². The molecule has 106 valence electrons. The number of anilines is 2. The van der Waals surface area contributed by atoms with Crippen molar-refractivity contribution in [2.45, 2.75) is 12.3 Å². The molecule has 0 saturated heterocycles. The summed E-state index contributed by atoms with van der Waals surface area (Å²) in [6.45, 7) is 2.38. The highest BCUT2D eigenvalue weighted by atomic mass is 15.1. The van der Waals surface area contributed by atoms with Gasteiger partial charge in [-0.25, -0.2) is 0 Å². The van der Waals surface area contributed by atoms with Crippen LogP contribution in [0.1, 0.15) is 23.6 Å². The molecule has 0 spiro atoms. The first kappa shape index (κ1) is 12.0. The van der Waals surface area contributed by atoms with E-state index < -0.39 is 0 Å². The molecule has 3 aromatic rings. The number of hydrogen-bond donors (Lipinski definition) is 0. The highest BCUT2D eigenvalue weighted by Crippen LogP contribution is 2.60.